The van der Waals surface area contributed by atoms with E-state index < -0.39 is 10.8 Å². The fraction of sp³-hybridized carbons (Fsp3) is 0.556. The molecule has 0 amide bonds. The molecule has 1 aromatic rings. The van der Waals surface area contributed by atoms with E-state index in [1.807, 2.05) is 0 Å². The highest BCUT2D eigenvalue weighted by atomic mass is 35.5. The zero-order valence-electron chi connectivity index (χ0n) is 8.15. The third-order valence-electron chi connectivity index (χ3n) is 2.35. The van der Waals surface area contributed by atoms with Crippen molar-refractivity contribution < 1.29 is 4.21 Å². The van der Waals surface area contributed by atoms with Crippen molar-refractivity contribution in [2.75, 3.05) is 12.3 Å². The van der Waals surface area contributed by atoms with E-state index in [4.69, 9.17) is 11.6 Å². The molecule has 0 radical (unpaired) electrons. The average Bonchev–Trinajstić information content (AvgIpc) is 2.70. The van der Waals surface area contributed by atoms with E-state index in [-0.39, 0.29) is 5.28 Å². The highest BCUT2D eigenvalue weighted by molar-refractivity contribution is 7.85. The second kappa shape index (κ2) is 5.01. The zero-order chi connectivity index (χ0) is 10.7. The molecule has 2 atom stereocenters. The first-order valence-corrected chi connectivity index (χ1v) is 6.56. The van der Waals surface area contributed by atoms with Gasteiger partial charge in [-0.25, -0.2) is 9.97 Å². The number of rotatable bonds is 3. The minimum absolute atomic E-state index is 0.153. The minimum atomic E-state index is -1.08. The maximum Gasteiger partial charge on any atom is 0.223 e. The predicted octanol–water partition coefficient (Wildman–Crippen LogP) is 0.990. The van der Waals surface area contributed by atoms with Crippen LogP contribution in [0.5, 0.6) is 0 Å². The van der Waals surface area contributed by atoms with Crippen LogP contribution >= 0.6 is 11.6 Å². The summed E-state index contributed by atoms with van der Waals surface area (Å²) in [6, 6.07) is 2.00. The van der Waals surface area contributed by atoms with Crippen LogP contribution in [0.15, 0.2) is 17.3 Å². The number of nitrogens with one attached hydrogen (secondary N) is 1. The van der Waals surface area contributed by atoms with Crippen LogP contribution in [0.1, 0.15) is 12.8 Å². The molecule has 1 aliphatic rings. The summed E-state index contributed by atoms with van der Waals surface area (Å²) < 4.78 is 11.9. The summed E-state index contributed by atoms with van der Waals surface area (Å²) in [7, 11) is -1.08. The van der Waals surface area contributed by atoms with Crippen LogP contribution in [0.2, 0.25) is 5.28 Å². The summed E-state index contributed by atoms with van der Waals surface area (Å²) in [4.78, 5) is 7.70. The van der Waals surface area contributed by atoms with E-state index in [0.717, 1.165) is 19.4 Å². The molecule has 0 bridgehead atoms. The lowest BCUT2D eigenvalue weighted by molar-refractivity contribution is 0.641. The SMILES string of the molecule is O=[S@@](C[C@H]1CCCN1)c1ccnc(Cl)n1. The molecule has 1 aromatic heterocycles. The molecule has 6 heteroatoms. The monoisotopic (exact) mass is 245 g/mol. The summed E-state index contributed by atoms with van der Waals surface area (Å²) >= 11 is 5.63. The largest absolute Gasteiger partial charge is 0.313 e. The lowest BCUT2D eigenvalue weighted by atomic mass is 10.3. The van der Waals surface area contributed by atoms with E-state index in [1.165, 1.54) is 6.20 Å². The molecule has 2 heterocycles. The molecule has 2 rings (SSSR count). The lowest BCUT2D eigenvalue weighted by Crippen LogP contribution is -2.27. The van der Waals surface area contributed by atoms with Crippen molar-refractivity contribution in [1.82, 2.24) is 15.3 Å². The Bertz CT molecular complexity index is 368. The molecule has 4 nitrogen and oxygen atoms in total. The first-order chi connectivity index (χ1) is 7.25. The Hall–Kier alpha value is -0.520. The quantitative estimate of drug-likeness (QED) is 0.638. The van der Waals surface area contributed by atoms with Crippen LogP contribution in [-0.4, -0.2) is 32.5 Å². The van der Waals surface area contributed by atoms with Gasteiger partial charge in [0.25, 0.3) is 0 Å². The molecule has 1 N–H and O–H groups in total. The Kier molecular flexibility index (Phi) is 3.66. The summed E-state index contributed by atoms with van der Waals surface area (Å²) in [6.07, 6.45) is 3.78. The molecule has 1 fully saturated rings. The molecular weight excluding hydrogens is 234 g/mol. The summed E-state index contributed by atoms with van der Waals surface area (Å²) in [6.45, 7) is 1.02. The van der Waals surface area contributed by atoms with Crippen LogP contribution in [0.4, 0.5) is 0 Å². The Morgan fingerprint density at radius 2 is 2.53 bits per heavy atom. The van der Waals surface area contributed by atoms with Gasteiger partial charge in [0, 0.05) is 18.0 Å². The molecule has 0 aromatic carbocycles. The maximum absolute atomic E-state index is 11.9. The first kappa shape index (κ1) is 11.0. The van der Waals surface area contributed by atoms with E-state index in [2.05, 4.69) is 15.3 Å². The maximum atomic E-state index is 11.9. The van der Waals surface area contributed by atoms with Gasteiger partial charge in [-0.1, -0.05) is 0 Å². The molecule has 1 aliphatic heterocycles. The van der Waals surface area contributed by atoms with Crippen molar-refractivity contribution in [2.45, 2.75) is 23.9 Å². The Balaban J connectivity index is 2.01. The van der Waals surface area contributed by atoms with E-state index in [9.17, 15) is 4.21 Å². The van der Waals surface area contributed by atoms with Gasteiger partial charge >= 0.3 is 0 Å². The van der Waals surface area contributed by atoms with Gasteiger partial charge < -0.3 is 5.32 Å². The normalized spacial score (nSPS) is 22.9. The van der Waals surface area contributed by atoms with Crippen LogP contribution in [0, 0.1) is 0 Å². The highest BCUT2D eigenvalue weighted by Crippen LogP contribution is 2.11. The van der Waals surface area contributed by atoms with Crippen molar-refractivity contribution in [3.05, 3.63) is 17.5 Å². The summed E-state index contributed by atoms with van der Waals surface area (Å²) in [5.41, 5.74) is 0. The van der Waals surface area contributed by atoms with Gasteiger partial charge in [0.05, 0.1) is 10.8 Å². The molecule has 0 saturated carbocycles. The Morgan fingerprint density at radius 1 is 1.67 bits per heavy atom. The standard InChI is InChI=1S/C9H12ClN3OS/c10-9-12-5-3-8(13-9)15(14)6-7-2-1-4-11-7/h3,5,7,11H,1-2,4,6H2/t7-,15+/m1/s1. The van der Waals surface area contributed by atoms with Crippen LogP contribution in [0.3, 0.4) is 0 Å². The van der Waals surface area contributed by atoms with Gasteiger partial charge in [-0.2, -0.15) is 0 Å². The number of halogens is 1. The topological polar surface area (TPSA) is 54.9 Å². The van der Waals surface area contributed by atoms with E-state index in [1.54, 1.807) is 6.07 Å². The molecule has 0 unspecified atom stereocenters. The second-order valence-corrected chi connectivity index (χ2v) is 5.25. The average molecular weight is 246 g/mol. The molecule has 0 aliphatic carbocycles. The second-order valence-electron chi connectivity index (χ2n) is 3.47. The Labute approximate surface area is 95.9 Å². The molecule has 0 spiro atoms. The summed E-state index contributed by atoms with van der Waals surface area (Å²) in [5.74, 6) is 0.605. The Morgan fingerprint density at radius 3 is 3.20 bits per heavy atom. The van der Waals surface area contributed by atoms with Crippen LogP contribution in [-0.2, 0) is 10.8 Å². The predicted molar refractivity (Wildman–Crippen MR) is 59.3 cm³/mol. The van der Waals surface area contributed by atoms with Crippen LogP contribution in [0.25, 0.3) is 0 Å². The lowest BCUT2D eigenvalue weighted by Gasteiger charge is -2.08. The van der Waals surface area contributed by atoms with Crippen molar-refractivity contribution in [1.29, 1.82) is 0 Å². The van der Waals surface area contributed by atoms with Crippen LogP contribution < -0.4 is 5.32 Å². The molecule has 15 heavy (non-hydrogen) atoms. The van der Waals surface area contributed by atoms with Crippen molar-refractivity contribution >= 4 is 22.4 Å². The zero-order valence-corrected chi connectivity index (χ0v) is 9.72. The fourth-order valence-electron chi connectivity index (χ4n) is 1.61. The van der Waals surface area contributed by atoms with Crippen molar-refractivity contribution in [3.8, 4) is 0 Å². The number of aromatic nitrogens is 2. The van der Waals surface area contributed by atoms with E-state index in [0.29, 0.717) is 16.8 Å². The van der Waals surface area contributed by atoms with Gasteiger partial charge in [0.2, 0.25) is 5.28 Å². The van der Waals surface area contributed by atoms with Gasteiger partial charge in [-0.3, -0.25) is 4.21 Å². The third-order valence-corrected chi connectivity index (χ3v) is 3.93. The van der Waals surface area contributed by atoms with Gasteiger partial charge in [-0.05, 0) is 37.1 Å². The van der Waals surface area contributed by atoms with Gasteiger partial charge in [0.15, 0.2) is 0 Å². The molecule has 82 valence electrons. The van der Waals surface area contributed by atoms with Gasteiger partial charge in [0.1, 0.15) is 5.03 Å². The third kappa shape index (κ3) is 2.96. The number of nitrogens with zero attached hydrogens (tertiary/aromatic N) is 2. The van der Waals surface area contributed by atoms with E-state index >= 15 is 0 Å². The number of hydrogen-bond donors (Lipinski definition) is 1. The first-order valence-electron chi connectivity index (χ1n) is 4.86. The minimum Gasteiger partial charge on any atom is -0.313 e. The smallest absolute Gasteiger partial charge is 0.223 e. The molecule has 1 saturated heterocycles. The summed E-state index contributed by atoms with van der Waals surface area (Å²) in [5, 5.41) is 3.97. The number of hydrogen-bond acceptors (Lipinski definition) is 4. The van der Waals surface area contributed by atoms with Crippen molar-refractivity contribution in [3.63, 3.8) is 0 Å². The molecular formula is C9H12ClN3OS. The van der Waals surface area contributed by atoms with Gasteiger partial charge in [-0.15, -0.1) is 0 Å². The highest BCUT2D eigenvalue weighted by Gasteiger charge is 2.18. The fourth-order valence-corrected chi connectivity index (χ4v) is 3.03. The van der Waals surface area contributed by atoms with Crippen molar-refractivity contribution in [2.24, 2.45) is 0 Å².